The molecule has 0 aliphatic heterocycles. The number of halogens is 3. The first-order valence-electron chi connectivity index (χ1n) is 8.51. The topological polar surface area (TPSA) is 68.8 Å². The molecule has 1 N–H and O–H groups in total. The summed E-state index contributed by atoms with van der Waals surface area (Å²) >= 11 is 2.21. The molecule has 0 aliphatic rings. The Bertz CT molecular complexity index is 1130. The lowest BCUT2D eigenvalue weighted by molar-refractivity contribution is -0.0354. The molecule has 144 valence electrons. The molecule has 4 rings (SSSR count). The van der Waals surface area contributed by atoms with Gasteiger partial charge in [0, 0.05) is 20.6 Å². The minimum absolute atomic E-state index is 0.0361. The smallest absolute Gasteiger partial charge is 0.137 e. The van der Waals surface area contributed by atoms with Crippen LogP contribution in [0, 0.1) is 15.2 Å². The van der Waals surface area contributed by atoms with Gasteiger partial charge in [-0.05, 0) is 53.8 Å². The fourth-order valence-electron chi connectivity index (χ4n) is 3.38. The molecule has 2 aromatic carbocycles. The summed E-state index contributed by atoms with van der Waals surface area (Å²) in [5.74, 6) is -1.54. The predicted molar refractivity (Wildman–Crippen MR) is 107 cm³/mol. The molecule has 2 aromatic heterocycles. The number of nitrogens with zero attached hydrogens (tertiary/aromatic N) is 5. The van der Waals surface area contributed by atoms with Gasteiger partial charge < -0.3 is 5.11 Å². The summed E-state index contributed by atoms with van der Waals surface area (Å²) in [5, 5.41) is 21.0. The number of hydrogen-bond acceptors (Lipinski definition) is 4. The van der Waals surface area contributed by atoms with Crippen LogP contribution >= 0.6 is 22.6 Å². The van der Waals surface area contributed by atoms with Crippen LogP contribution in [-0.2, 0) is 12.1 Å². The Morgan fingerprint density at radius 2 is 2.00 bits per heavy atom. The largest absolute Gasteiger partial charge is 0.381 e. The fourth-order valence-corrected chi connectivity index (χ4v) is 3.89. The average molecular weight is 495 g/mol. The van der Waals surface area contributed by atoms with Crippen LogP contribution in [0.4, 0.5) is 8.78 Å². The molecule has 2 atom stereocenters. The van der Waals surface area contributed by atoms with E-state index in [1.807, 2.05) is 18.2 Å². The molecule has 28 heavy (non-hydrogen) atoms. The summed E-state index contributed by atoms with van der Waals surface area (Å²) in [6.07, 6.45) is 4.46. The molecule has 4 aromatic rings. The van der Waals surface area contributed by atoms with Crippen molar-refractivity contribution >= 4 is 33.5 Å². The molecule has 0 spiro atoms. The molecule has 0 aliphatic carbocycles. The van der Waals surface area contributed by atoms with Crippen LogP contribution in [0.3, 0.4) is 0 Å². The number of aromatic nitrogens is 5. The summed E-state index contributed by atoms with van der Waals surface area (Å²) in [7, 11) is 0. The number of aliphatic hydroxyl groups is 1. The highest BCUT2D eigenvalue weighted by Gasteiger charge is 2.41. The zero-order chi connectivity index (χ0) is 19.9. The molecule has 9 heteroatoms. The normalized spacial score (nSPS) is 14.9. The average Bonchev–Trinajstić information content (AvgIpc) is 3.30. The van der Waals surface area contributed by atoms with Crippen LogP contribution in [0.15, 0.2) is 55.2 Å². The van der Waals surface area contributed by atoms with Crippen LogP contribution in [0.25, 0.3) is 10.9 Å². The van der Waals surface area contributed by atoms with E-state index in [9.17, 15) is 13.9 Å². The predicted octanol–water partition coefficient (Wildman–Crippen LogP) is 3.66. The van der Waals surface area contributed by atoms with Gasteiger partial charge in [0.1, 0.15) is 29.9 Å². The minimum Gasteiger partial charge on any atom is -0.381 e. The lowest BCUT2D eigenvalue weighted by Crippen LogP contribution is -2.41. The second-order valence-electron chi connectivity index (χ2n) is 6.61. The van der Waals surface area contributed by atoms with Crippen molar-refractivity contribution in [2.24, 2.45) is 0 Å². The molecule has 0 bridgehead atoms. The number of hydrogen-bond donors (Lipinski definition) is 1. The van der Waals surface area contributed by atoms with Gasteiger partial charge in [-0.3, -0.25) is 4.68 Å². The van der Waals surface area contributed by atoms with E-state index in [0.717, 1.165) is 26.6 Å². The lowest BCUT2D eigenvalue weighted by Gasteiger charge is -2.35. The van der Waals surface area contributed by atoms with E-state index in [1.54, 1.807) is 17.8 Å². The molecule has 0 radical (unpaired) electrons. The van der Waals surface area contributed by atoms with Crippen molar-refractivity contribution in [2.45, 2.75) is 25.1 Å². The maximum absolute atomic E-state index is 14.7. The van der Waals surface area contributed by atoms with E-state index >= 15 is 0 Å². The second kappa shape index (κ2) is 7.21. The van der Waals surface area contributed by atoms with Crippen molar-refractivity contribution in [1.82, 2.24) is 24.5 Å². The van der Waals surface area contributed by atoms with Gasteiger partial charge in [-0.25, -0.2) is 18.4 Å². The summed E-state index contributed by atoms with van der Waals surface area (Å²) in [5.41, 5.74) is -0.994. The van der Waals surface area contributed by atoms with Crippen molar-refractivity contribution < 1.29 is 13.9 Å². The van der Waals surface area contributed by atoms with Crippen molar-refractivity contribution in [1.29, 1.82) is 0 Å². The summed E-state index contributed by atoms with van der Waals surface area (Å²) in [4.78, 5) is 3.88. The molecule has 0 saturated carbocycles. The molecule has 6 nitrogen and oxygen atoms in total. The molecule has 0 fully saturated rings. The standard InChI is InChI=1S/C19H16F2IN5O/c1-12(27-18-5-3-15(22)6-13(18)8-24-27)19(28,9-26-11-23-10-25-26)16-4-2-14(20)7-17(16)21/h2-8,10-12,28H,9H2,1H3/t12-,19-/m1/s1. The highest BCUT2D eigenvalue weighted by molar-refractivity contribution is 14.1. The Morgan fingerprint density at radius 1 is 1.18 bits per heavy atom. The fraction of sp³-hybridized carbons (Fsp3) is 0.211. The van der Waals surface area contributed by atoms with E-state index in [-0.39, 0.29) is 12.1 Å². The van der Waals surface area contributed by atoms with E-state index in [1.165, 1.54) is 23.4 Å². The quantitative estimate of drug-likeness (QED) is 0.430. The molecular formula is C19H16F2IN5O. The Hall–Kier alpha value is -2.40. The zero-order valence-electron chi connectivity index (χ0n) is 14.8. The SMILES string of the molecule is C[C@@H](n1ncc2cc(I)ccc21)[C@](O)(Cn1cncn1)c1ccc(F)cc1F. The van der Waals surface area contributed by atoms with Crippen LogP contribution < -0.4 is 0 Å². The molecule has 0 saturated heterocycles. The van der Waals surface area contributed by atoms with Crippen molar-refractivity contribution in [2.75, 3.05) is 0 Å². The van der Waals surface area contributed by atoms with Crippen LogP contribution in [0.5, 0.6) is 0 Å². The first kappa shape index (κ1) is 18.9. The van der Waals surface area contributed by atoms with Crippen LogP contribution in [0.2, 0.25) is 0 Å². The third kappa shape index (κ3) is 3.28. The maximum Gasteiger partial charge on any atom is 0.137 e. The van der Waals surface area contributed by atoms with Crippen LogP contribution in [-0.4, -0.2) is 29.7 Å². The van der Waals surface area contributed by atoms with Gasteiger partial charge in [0.2, 0.25) is 0 Å². The molecule has 0 amide bonds. The summed E-state index contributed by atoms with van der Waals surface area (Å²) < 4.78 is 32.2. The van der Waals surface area contributed by atoms with E-state index in [2.05, 4.69) is 37.8 Å². The zero-order valence-corrected chi connectivity index (χ0v) is 17.0. The minimum atomic E-state index is -1.76. The monoisotopic (exact) mass is 495 g/mol. The highest BCUT2D eigenvalue weighted by atomic mass is 127. The van der Waals surface area contributed by atoms with E-state index < -0.39 is 23.3 Å². The van der Waals surface area contributed by atoms with Gasteiger partial charge in [0.25, 0.3) is 0 Å². The Balaban J connectivity index is 1.86. The third-order valence-corrected chi connectivity index (χ3v) is 5.55. The third-order valence-electron chi connectivity index (χ3n) is 4.88. The van der Waals surface area contributed by atoms with Gasteiger partial charge in [0.05, 0.1) is 24.3 Å². The number of rotatable bonds is 5. The van der Waals surface area contributed by atoms with Gasteiger partial charge in [0.15, 0.2) is 0 Å². The first-order valence-corrected chi connectivity index (χ1v) is 9.59. The Morgan fingerprint density at radius 3 is 2.71 bits per heavy atom. The van der Waals surface area contributed by atoms with Crippen molar-refractivity contribution in [3.63, 3.8) is 0 Å². The van der Waals surface area contributed by atoms with Gasteiger partial charge in [-0.15, -0.1) is 0 Å². The summed E-state index contributed by atoms with van der Waals surface area (Å²) in [6.45, 7) is 1.66. The highest BCUT2D eigenvalue weighted by Crippen LogP contribution is 2.37. The molecular weight excluding hydrogens is 479 g/mol. The van der Waals surface area contributed by atoms with Crippen molar-refractivity contribution in [3.05, 3.63) is 76.0 Å². The van der Waals surface area contributed by atoms with Gasteiger partial charge in [-0.1, -0.05) is 6.07 Å². The molecule has 0 unspecified atom stereocenters. The Labute approximate surface area is 173 Å². The van der Waals surface area contributed by atoms with Crippen molar-refractivity contribution in [3.8, 4) is 0 Å². The number of fused-ring (bicyclic) bond motifs is 1. The Kier molecular flexibility index (Phi) is 4.88. The van der Waals surface area contributed by atoms with E-state index in [4.69, 9.17) is 0 Å². The van der Waals surface area contributed by atoms with Gasteiger partial charge in [-0.2, -0.15) is 10.2 Å². The lowest BCUT2D eigenvalue weighted by atomic mass is 9.86. The second-order valence-corrected chi connectivity index (χ2v) is 7.86. The first-order chi connectivity index (χ1) is 13.4. The van der Waals surface area contributed by atoms with E-state index in [0.29, 0.717) is 0 Å². The van der Waals surface area contributed by atoms with Crippen LogP contribution in [0.1, 0.15) is 18.5 Å². The summed E-state index contributed by atoms with van der Waals surface area (Å²) in [6, 6.07) is 8.27. The maximum atomic E-state index is 14.7. The molecule has 2 heterocycles. The van der Waals surface area contributed by atoms with Gasteiger partial charge >= 0.3 is 0 Å². The number of benzene rings is 2.